The molecule has 0 radical (unpaired) electrons. The smallest absolute Gasteiger partial charge is 0.129 e. The number of rotatable bonds is 5. The number of benzene rings is 2. The fraction of sp³-hybridized carbons (Fsp3) is 0.250. The maximum Gasteiger partial charge on any atom is 0.129 e. The Morgan fingerprint density at radius 1 is 1.05 bits per heavy atom. The number of aliphatic hydroxyl groups is 1. The molecule has 0 aliphatic heterocycles. The second kappa shape index (κ2) is 6.50. The van der Waals surface area contributed by atoms with E-state index < -0.39 is 11.9 Å². The number of para-hydroxylation sites is 1. The fourth-order valence-corrected chi connectivity index (χ4v) is 2.11. The number of hydrogen-bond acceptors (Lipinski definition) is 3. The van der Waals surface area contributed by atoms with Gasteiger partial charge >= 0.3 is 0 Å². The summed E-state index contributed by atoms with van der Waals surface area (Å²) in [5.74, 6) is -0.218. The van der Waals surface area contributed by atoms with Gasteiger partial charge in [-0.05, 0) is 19.1 Å². The van der Waals surface area contributed by atoms with E-state index in [9.17, 15) is 14.6 Å². The summed E-state index contributed by atoms with van der Waals surface area (Å²) < 4.78 is 13.5. The molecule has 0 fully saturated rings. The van der Waals surface area contributed by atoms with E-state index in [1.807, 2.05) is 19.1 Å². The average Bonchev–Trinajstić information content (AvgIpc) is 2.45. The molecule has 0 saturated carbocycles. The second-order valence-corrected chi connectivity index (χ2v) is 4.73. The van der Waals surface area contributed by atoms with E-state index in [1.54, 1.807) is 30.3 Å². The van der Waals surface area contributed by atoms with Gasteiger partial charge in [0.25, 0.3) is 0 Å². The van der Waals surface area contributed by atoms with Gasteiger partial charge < -0.3 is 15.5 Å². The number of phenolic OH excluding ortho intramolecular Hbond substituents is 1. The van der Waals surface area contributed by atoms with Gasteiger partial charge in [0, 0.05) is 23.7 Å². The number of halogens is 1. The lowest BCUT2D eigenvalue weighted by atomic mass is 10.1. The van der Waals surface area contributed by atoms with Crippen LogP contribution in [0, 0.1) is 5.82 Å². The van der Waals surface area contributed by atoms with Gasteiger partial charge in [-0.25, -0.2) is 4.39 Å². The monoisotopic (exact) mass is 275 g/mol. The number of hydrogen-bond donors (Lipinski definition) is 3. The van der Waals surface area contributed by atoms with E-state index in [2.05, 4.69) is 5.32 Å². The van der Waals surface area contributed by atoms with Crippen molar-refractivity contribution in [1.29, 1.82) is 0 Å². The highest BCUT2D eigenvalue weighted by Crippen LogP contribution is 2.24. The Labute approximate surface area is 117 Å². The lowest BCUT2D eigenvalue weighted by Crippen LogP contribution is -2.25. The summed E-state index contributed by atoms with van der Waals surface area (Å²) in [6.07, 6.45) is -0.926. The van der Waals surface area contributed by atoms with Crippen LogP contribution in [0.1, 0.15) is 30.2 Å². The molecule has 2 atom stereocenters. The summed E-state index contributed by atoms with van der Waals surface area (Å²) in [5.41, 5.74) is 1.01. The summed E-state index contributed by atoms with van der Waals surface area (Å²) in [6.45, 7) is 2.08. The van der Waals surface area contributed by atoms with E-state index >= 15 is 0 Å². The minimum absolute atomic E-state index is 0.141. The van der Waals surface area contributed by atoms with Gasteiger partial charge in [0.2, 0.25) is 0 Å². The number of aromatic hydroxyl groups is 1. The molecule has 20 heavy (non-hydrogen) atoms. The molecule has 2 aromatic carbocycles. The van der Waals surface area contributed by atoms with Gasteiger partial charge in [-0.3, -0.25) is 0 Å². The molecule has 106 valence electrons. The lowest BCUT2D eigenvalue weighted by molar-refractivity contribution is 0.166. The summed E-state index contributed by atoms with van der Waals surface area (Å²) in [6, 6.07) is 13.0. The number of phenols is 1. The Balaban J connectivity index is 1.99. The quantitative estimate of drug-likeness (QED) is 0.786. The topological polar surface area (TPSA) is 52.5 Å². The molecular formula is C16H18FNO2. The van der Waals surface area contributed by atoms with E-state index in [1.165, 1.54) is 6.07 Å². The van der Waals surface area contributed by atoms with E-state index in [0.29, 0.717) is 0 Å². The van der Waals surface area contributed by atoms with Crippen molar-refractivity contribution >= 4 is 0 Å². The van der Waals surface area contributed by atoms with Crippen LogP contribution in [0.25, 0.3) is 0 Å². The minimum atomic E-state index is -0.926. The van der Waals surface area contributed by atoms with Gasteiger partial charge in [-0.1, -0.05) is 36.4 Å². The molecule has 0 saturated heterocycles. The molecule has 0 aliphatic carbocycles. The van der Waals surface area contributed by atoms with E-state index in [-0.39, 0.29) is 23.9 Å². The molecule has 3 nitrogen and oxygen atoms in total. The normalized spacial score (nSPS) is 13.9. The summed E-state index contributed by atoms with van der Waals surface area (Å²) in [4.78, 5) is 0. The SMILES string of the molecule is C[C@@H](NCC(O)c1ccccc1F)c1ccccc1O. The zero-order valence-electron chi connectivity index (χ0n) is 11.3. The van der Waals surface area contributed by atoms with Crippen molar-refractivity contribution < 1.29 is 14.6 Å². The highest BCUT2D eigenvalue weighted by molar-refractivity contribution is 5.34. The maximum atomic E-state index is 13.5. The molecule has 3 N–H and O–H groups in total. The molecule has 0 bridgehead atoms. The zero-order valence-corrected chi connectivity index (χ0v) is 11.3. The van der Waals surface area contributed by atoms with Gasteiger partial charge in [0.05, 0.1) is 6.10 Å². The van der Waals surface area contributed by atoms with Crippen LogP contribution in [0.3, 0.4) is 0 Å². The first-order valence-corrected chi connectivity index (χ1v) is 6.53. The van der Waals surface area contributed by atoms with E-state index in [4.69, 9.17) is 0 Å². The van der Waals surface area contributed by atoms with Crippen molar-refractivity contribution in [3.05, 3.63) is 65.5 Å². The number of aliphatic hydroxyl groups excluding tert-OH is 1. The van der Waals surface area contributed by atoms with Crippen molar-refractivity contribution in [2.24, 2.45) is 0 Å². The standard InChI is InChI=1S/C16H18FNO2/c1-11(12-6-3-5-9-15(12)19)18-10-16(20)13-7-2-4-8-14(13)17/h2-9,11,16,18-20H,10H2,1H3/t11-,16?/m1/s1. The van der Waals surface area contributed by atoms with Crippen molar-refractivity contribution in [3.63, 3.8) is 0 Å². The third-order valence-corrected chi connectivity index (χ3v) is 3.28. The molecule has 0 spiro atoms. The second-order valence-electron chi connectivity index (χ2n) is 4.73. The van der Waals surface area contributed by atoms with Crippen molar-refractivity contribution in [3.8, 4) is 5.75 Å². The molecule has 0 aliphatic rings. The predicted molar refractivity (Wildman–Crippen MR) is 75.9 cm³/mol. The third kappa shape index (κ3) is 3.35. The van der Waals surface area contributed by atoms with Crippen LogP contribution in [0.15, 0.2) is 48.5 Å². The minimum Gasteiger partial charge on any atom is -0.508 e. The maximum absolute atomic E-state index is 13.5. The number of nitrogens with one attached hydrogen (secondary N) is 1. The summed E-state index contributed by atoms with van der Waals surface area (Å²) in [7, 11) is 0. The Kier molecular flexibility index (Phi) is 4.71. The Hall–Kier alpha value is -1.91. The van der Waals surface area contributed by atoms with Gasteiger partial charge in [-0.2, -0.15) is 0 Å². The van der Waals surface area contributed by atoms with Crippen molar-refractivity contribution in [2.45, 2.75) is 19.1 Å². The molecule has 4 heteroatoms. The highest BCUT2D eigenvalue weighted by atomic mass is 19.1. The third-order valence-electron chi connectivity index (χ3n) is 3.28. The largest absolute Gasteiger partial charge is 0.508 e. The van der Waals surface area contributed by atoms with Crippen LogP contribution >= 0.6 is 0 Å². The highest BCUT2D eigenvalue weighted by Gasteiger charge is 2.15. The molecule has 0 heterocycles. The van der Waals surface area contributed by atoms with Crippen molar-refractivity contribution in [2.75, 3.05) is 6.54 Å². The Morgan fingerprint density at radius 3 is 2.30 bits per heavy atom. The van der Waals surface area contributed by atoms with Gasteiger partial charge in [-0.15, -0.1) is 0 Å². The summed E-state index contributed by atoms with van der Waals surface area (Å²) >= 11 is 0. The van der Waals surface area contributed by atoms with Crippen LogP contribution in [0.4, 0.5) is 4.39 Å². The first kappa shape index (κ1) is 14.5. The van der Waals surface area contributed by atoms with Gasteiger partial charge in [0.15, 0.2) is 0 Å². The molecule has 0 amide bonds. The van der Waals surface area contributed by atoms with Crippen LogP contribution in [0.2, 0.25) is 0 Å². The molecule has 2 aromatic rings. The van der Waals surface area contributed by atoms with Crippen LogP contribution < -0.4 is 5.32 Å². The van der Waals surface area contributed by atoms with E-state index in [0.717, 1.165) is 5.56 Å². The van der Waals surface area contributed by atoms with Gasteiger partial charge in [0.1, 0.15) is 11.6 Å². The van der Waals surface area contributed by atoms with Crippen LogP contribution in [-0.2, 0) is 0 Å². The first-order chi connectivity index (χ1) is 9.59. The molecular weight excluding hydrogens is 257 g/mol. The molecule has 0 aromatic heterocycles. The Morgan fingerprint density at radius 2 is 1.65 bits per heavy atom. The summed E-state index contributed by atoms with van der Waals surface area (Å²) in [5, 5.41) is 22.8. The Bertz CT molecular complexity index is 522. The predicted octanol–water partition coefficient (Wildman–Crippen LogP) is 2.92. The lowest BCUT2D eigenvalue weighted by Gasteiger charge is -2.18. The average molecular weight is 275 g/mol. The molecule has 1 unspecified atom stereocenters. The first-order valence-electron chi connectivity index (χ1n) is 6.53. The zero-order chi connectivity index (χ0) is 14.5. The van der Waals surface area contributed by atoms with Crippen LogP contribution in [-0.4, -0.2) is 16.8 Å². The fourth-order valence-electron chi connectivity index (χ4n) is 2.11. The molecule has 2 rings (SSSR count). The van der Waals surface area contributed by atoms with Crippen molar-refractivity contribution in [1.82, 2.24) is 5.32 Å². The van der Waals surface area contributed by atoms with Crippen LogP contribution in [0.5, 0.6) is 5.75 Å².